The van der Waals surface area contributed by atoms with Crippen LogP contribution in [0.3, 0.4) is 0 Å². The lowest BCUT2D eigenvalue weighted by atomic mass is 10.1. The number of hydrogen-bond acceptors (Lipinski definition) is 4. The van der Waals surface area contributed by atoms with Gasteiger partial charge in [-0.3, -0.25) is 4.79 Å². The van der Waals surface area contributed by atoms with E-state index in [-0.39, 0.29) is 5.91 Å². The summed E-state index contributed by atoms with van der Waals surface area (Å²) < 4.78 is 7.79. The minimum absolute atomic E-state index is 0.00333. The van der Waals surface area contributed by atoms with E-state index in [9.17, 15) is 4.79 Å². The number of methoxy groups -OCH3 is 1. The van der Waals surface area contributed by atoms with Crippen molar-refractivity contribution < 1.29 is 9.53 Å². The lowest BCUT2D eigenvalue weighted by molar-refractivity contribution is -0.116. The van der Waals surface area contributed by atoms with Crippen LogP contribution in [0.4, 0.5) is 11.4 Å². The molecule has 0 saturated carbocycles. The number of imidazole rings is 1. The molecule has 0 aliphatic carbocycles. The smallest absolute Gasteiger partial charge is 0.224 e. The van der Waals surface area contributed by atoms with Crippen molar-refractivity contribution in [2.24, 2.45) is 5.92 Å². The summed E-state index contributed by atoms with van der Waals surface area (Å²) in [5.41, 5.74) is 3.78. The van der Waals surface area contributed by atoms with Gasteiger partial charge in [-0.2, -0.15) is 0 Å². The number of carbonyl (C=O) groups excluding carboxylic acids is 1. The van der Waals surface area contributed by atoms with Gasteiger partial charge in [-0.15, -0.1) is 0 Å². The zero-order chi connectivity index (χ0) is 20.5. The first-order valence-corrected chi connectivity index (χ1v) is 10.2. The molecular weight excluding hydrogens is 388 g/mol. The number of benzene rings is 2. The van der Waals surface area contributed by atoms with Gasteiger partial charge in [0.05, 0.1) is 30.4 Å². The number of carbonyl (C=O) groups is 1. The Bertz CT molecular complexity index is 1060. The van der Waals surface area contributed by atoms with Crippen LogP contribution in [0, 0.1) is 5.92 Å². The van der Waals surface area contributed by atoms with Gasteiger partial charge in [-0.1, -0.05) is 25.4 Å². The van der Waals surface area contributed by atoms with Crippen LogP contribution >= 0.6 is 11.6 Å². The van der Waals surface area contributed by atoms with E-state index >= 15 is 0 Å². The lowest BCUT2D eigenvalue weighted by Crippen LogP contribution is -2.33. The first-order valence-electron chi connectivity index (χ1n) is 9.82. The Morgan fingerprint density at radius 1 is 1.24 bits per heavy atom. The van der Waals surface area contributed by atoms with Crippen LogP contribution in [0.1, 0.15) is 26.1 Å². The highest BCUT2D eigenvalue weighted by Gasteiger charge is 2.21. The Morgan fingerprint density at radius 2 is 2.07 bits per heavy atom. The highest BCUT2D eigenvalue weighted by atomic mass is 35.5. The number of nitrogens with one attached hydrogen (secondary N) is 1. The summed E-state index contributed by atoms with van der Waals surface area (Å²) >= 11 is 6.12. The SMILES string of the molecule is COc1cc(N2CCn3c(nc4cc(Cl)ccc43)C2)ccc1NC(=O)CC(C)C. The van der Waals surface area contributed by atoms with Gasteiger partial charge in [0.15, 0.2) is 0 Å². The van der Waals surface area contributed by atoms with E-state index < -0.39 is 0 Å². The molecule has 1 aromatic heterocycles. The van der Waals surface area contributed by atoms with Gasteiger partial charge in [0.1, 0.15) is 11.6 Å². The second-order valence-electron chi connectivity index (χ2n) is 7.76. The third-order valence-corrected chi connectivity index (χ3v) is 5.37. The van der Waals surface area contributed by atoms with Crippen molar-refractivity contribution in [3.05, 3.63) is 47.2 Å². The van der Waals surface area contributed by atoms with Crippen LogP contribution in [0.2, 0.25) is 5.02 Å². The Labute approximate surface area is 175 Å². The molecule has 1 amide bonds. The highest BCUT2D eigenvalue weighted by Crippen LogP contribution is 2.32. The summed E-state index contributed by atoms with van der Waals surface area (Å²) in [7, 11) is 1.62. The number of rotatable bonds is 5. The van der Waals surface area contributed by atoms with Crippen molar-refractivity contribution in [1.82, 2.24) is 9.55 Å². The summed E-state index contributed by atoms with van der Waals surface area (Å²) in [6.45, 7) is 6.47. The van der Waals surface area contributed by atoms with Gasteiger partial charge in [0.25, 0.3) is 0 Å². The molecule has 0 spiro atoms. The molecule has 152 valence electrons. The molecule has 0 radical (unpaired) electrons. The topological polar surface area (TPSA) is 59.4 Å². The van der Waals surface area contributed by atoms with E-state index in [0.29, 0.717) is 35.3 Å². The van der Waals surface area contributed by atoms with Gasteiger partial charge in [0.2, 0.25) is 5.91 Å². The summed E-state index contributed by atoms with van der Waals surface area (Å²) in [6.07, 6.45) is 0.483. The van der Waals surface area contributed by atoms with Crippen LogP contribution in [0.15, 0.2) is 36.4 Å². The van der Waals surface area contributed by atoms with Crippen molar-refractivity contribution in [3.63, 3.8) is 0 Å². The standard InChI is InChI=1S/C22H25ClN4O2/c1-14(2)10-22(28)25-17-6-5-16(12-20(17)29-3)26-8-9-27-19-7-4-15(23)11-18(19)24-21(27)13-26/h4-7,11-12,14H,8-10,13H2,1-3H3,(H,25,28). The molecule has 0 unspecified atom stereocenters. The van der Waals surface area contributed by atoms with Crippen molar-refractivity contribution in [2.75, 3.05) is 23.9 Å². The molecule has 0 fully saturated rings. The van der Waals surface area contributed by atoms with Crippen LogP contribution in [0.25, 0.3) is 11.0 Å². The predicted octanol–water partition coefficient (Wildman–Crippen LogP) is 4.70. The average Bonchev–Trinajstić information content (AvgIpc) is 3.04. The summed E-state index contributed by atoms with van der Waals surface area (Å²) in [5, 5.41) is 3.65. The quantitative estimate of drug-likeness (QED) is 0.659. The third-order valence-electron chi connectivity index (χ3n) is 5.13. The fourth-order valence-electron chi connectivity index (χ4n) is 3.77. The molecular formula is C22H25ClN4O2. The van der Waals surface area contributed by atoms with E-state index in [1.165, 1.54) is 0 Å². The molecule has 2 heterocycles. The number of anilines is 2. The first kappa shape index (κ1) is 19.6. The Morgan fingerprint density at radius 3 is 2.83 bits per heavy atom. The van der Waals surface area contributed by atoms with Gasteiger partial charge in [0, 0.05) is 36.3 Å². The number of ether oxygens (including phenoxy) is 1. The van der Waals surface area contributed by atoms with E-state index in [1.54, 1.807) is 7.11 Å². The van der Waals surface area contributed by atoms with Crippen LogP contribution in [-0.2, 0) is 17.9 Å². The molecule has 1 N–H and O–H groups in total. The fourth-order valence-corrected chi connectivity index (χ4v) is 3.93. The number of fused-ring (bicyclic) bond motifs is 3. The van der Waals surface area contributed by atoms with Gasteiger partial charge < -0.3 is 19.5 Å². The van der Waals surface area contributed by atoms with Crippen molar-refractivity contribution >= 4 is 39.9 Å². The first-order chi connectivity index (χ1) is 13.9. The van der Waals surface area contributed by atoms with Crippen molar-refractivity contribution in [2.45, 2.75) is 33.4 Å². The molecule has 6 nitrogen and oxygen atoms in total. The van der Waals surface area contributed by atoms with Crippen LogP contribution < -0.4 is 15.0 Å². The van der Waals surface area contributed by atoms with Crippen molar-refractivity contribution in [1.29, 1.82) is 0 Å². The zero-order valence-corrected chi connectivity index (χ0v) is 17.7. The summed E-state index contributed by atoms with van der Waals surface area (Å²) in [6, 6.07) is 11.7. The molecule has 3 aromatic rings. The normalized spacial score (nSPS) is 13.6. The Hall–Kier alpha value is -2.73. The third kappa shape index (κ3) is 4.03. The molecule has 1 aliphatic rings. The molecule has 7 heteroatoms. The molecule has 0 atom stereocenters. The highest BCUT2D eigenvalue weighted by molar-refractivity contribution is 6.31. The molecule has 2 aromatic carbocycles. The second kappa shape index (κ2) is 7.95. The summed E-state index contributed by atoms with van der Waals surface area (Å²) in [5.74, 6) is 1.98. The average molecular weight is 413 g/mol. The minimum Gasteiger partial charge on any atom is -0.494 e. The maximum absolute atomic E-state index is 12.1. The largest absolute Gasteiger partial charge is 0.494 e. The number of nitrogens with zero attached hydrogens (tertiary/aromatic N) is 3. The Balaban J connectivity index is 1.56. The zero-order valence-electron chi connectivity index (χ0n) is 16.9. The summed E-state index contributed by atoms with van der Waals surface area (Å²) in [4.78, 5) is 19.2. The lowest BCUT2D eigenvalue weighted by Gasteiger charge is -2.30. The minimum atomic E-state index is -0.00333. The molecule has 1 aliphatic heterocycles. The molecule has 0 bridgehead atoms. The van der Waals surface area contributed by atoms with Gasteiger partial charge in [-0.25, -0.2) is 4.98 Å². The Kier molecular flexibility index (Phi) is 5.37. The van der Waals surface area contributed by atoms with E-state index in [2.05, 4.69) is 14.8 Å². The van der Waals surface area contributed by atoms with E-state index in [0.717, 1.165) is 35.6 Å². The number of halogens is 1. The van der Waals surface area contributed by atoms with Crippen LogP contribution in [0.5, 0.6) is 5.75 Å². The van der Waals surface area contributed by atoms with Crippen molar-refractivity contribution in [3.8, 4) is 5.75 Å². The van der Waals surface area contributed by atoms with Gasteiger partial charge in [-0.05, 0) is 36.2 Å². The maximum atomic E-state index is 12.1. The monoisotopic (exact) mass is 412 g/mol. The predicted molar refractivity (Wildman–Crippen MR) is 117 cm³/mol. The van der Waals surface area contributed by atoms with Crippen LogP contribution in [-0.4, -0.2) is 29.1 Å². The molecule has 29 heavy (non-hydrogen) atoms. The maximum Gasteiger partial charge on any atom is 0.224 e. The van der Waals surface area contributed by atoms with E-state index in [4.69, 9.17) is 21.3 Å². The fraction of sp³-hybridized carbons (Fsp3) is 0.364. The second-order valence-corrected chi connectivity index (χ2v) is 8.20. The molecule has 0 saturated heterocycles. The van der Waals surface area contributed by atoms with Gasteiger partial charge >= 0.3 is 0 Å². The molecule has 4 rings (SSSR count). The number of hydrogen-bond donors (Lipinski definition) is 1. The number of aromatic nitrogens is 2. The number of amides is 1. The van der Waals surface area contributed by atoms with E-state index in [1.807, 2.05) is 50.2 Å².